The number of rotatable bonds is 7. The molecule has 0 aromatic rings. The Morgan fingerprint density at radius 3 is 1.50 bits per heavy atom. The molecule has 0 heterocycles. The number of hydrogen-bond acceptors (Lipinski definition) is 2. The normalized spacial score (nSPS) is 14.0. The molecule has 2 amide bonds. The maximum absolute atomic E-state index is 11.3. The van der Waals surface area contributed by atoms with Crippen LogP contribution in [0.15, 0.2) is 0 Å². The lowest BCUT2D eigenvalue weighted by Gasteiger charge is -2.11. The molecule has 0 aromatic carbocycles. The highest BCUT2D eigenvalue weighted by molar-refractivity contribution is 9.10. The first-order chi connectivity index (χ1) is 7.52. The molecular formula is C10H18Br2N2O2. The Hall–Kier alpha value is -0.100. The molecule has 6 heteroatoms. The van der Waals surface area contributed by atoms with Crippen LogP contribution in [0.3, 0.4) is 0 Å². The van der Waals surface area contributed by atoms with Crippen molar-refractivity contribution >= 4 is 43.7 Å². The third-order valence-electron chi connectivity index (χ3n) is 2.01. The van der Waals surface area contributed by atoms with Gasteiger partial charge in [0.25, 0.3) is 0 Å². The number of nitrogens with one attached hydrogen (secondary N) is 2. The highest BCUT2D eigenvalue weighted by Gasteiger charge is 2.13. The SMILES string of the molecule is CC[C@@H](Br)C(=O)NCCNC(=O)[C@H](Br)CC. The fourth-order valence-electron chi connectivity index (χ4n) is 0.964. The second-order valence-corrected chi connectivity index (χ2v) is 5.54. The van der Waals surface area contributed by atoms with Crippen LogP contribution in [0.4, 0.5) is 0 Å². The van der Waals surface area contributed by atoms with Gasteiger partial charge in [-0.3, -0.25) is 9.59 Å². The summed E-state index contributed by atoms with van der Waals surface area (Å²) >= 11 is 6.50. The van der Waals surface area contributed by atoms with Gasteiger partial charge in [-0.05, 0) is 12.8 Å². The molecule has 0 rings (SSSR count). The third-order valence-corrected chi connectivity index (χ3v) is 4.14. The lowest BCUT2D eigenvalue weighted by molar-refractivity contribution is -0.122. The first-order valence-electron chi connectivity index (χ1n) is 5.36. The predicted octanol–water partition coefficient (Wildman–Crippen LogP) is 1.57. The number of alkyl halides is 2. The van der Waals surface area contributed by atoms with Gasteiger partial charge in [0, 0.05) is 13.1 Å². The maximum atomic E-state index is 11.3. The van der Waals surface area contributed by atoms with E-state index in [4.69, 9.17) is 0 Å². The summed E-state index contributed by atoms with van der Waals surface area (Å²) in [5, 5.41) is 5.46. The Kier molecular flexibility index (Phi) is 8.93. The molecule has 0 saturated carbocycles. The van der Waals surface area contributed by atoms with Crippen molar-refractivity contribution in [1.82, 2.24) is 10.6 Å². The zero-order chi connectivity index (χ0) is 12.6. The Bertz CT molecular complexity index is 213. The summed E-state index contributed by atoms with van der Waals surface area (Å²) in [6, 6.07) is 0. The molecule has 0 bridgehead atoms. The zero-order valence-electron chi connectivity index (χ0n) is 9.56. The van der Waals surface area contributed by atoms with Crippen molar-refractivity contribution in [2.75, 3.05) is 13.1 Å². The molecule has 0 fully saturated rings. The summed E-state index contributed by atoms with van der Waals surface area (Å²) in [6.07, 6.45) is 1.50. The third kappa shape index (κ3) is 6.48. The van der Waals surface area contributed by atoms with Crippen molar-refractivity contribution in [1.29, 1.82) is 0 Å². The zero-order valence-corrected chi connectivity index (χ0v) is 12.7. The standard InChI is InChI=1S/C10H18Br2N2O2/c1-3-7(11)9(15)13-5-6-14-10(16)8(12)4-2/h7-8H,3-6H2,1-2H3,(H,13,15)(H,14,16)/t7-,8-/m1/s1. The van der Waals surface area contributed by atoms with Gasteiger partial charge in [0.15, 0.2) is 0 Å². The van der Waals surface area contributed by atoms with Crippen molar-refractivity contribution in [3.8, 4) is 0 Å². The molecule has 0 aliphatic rings. The minimum atomic E-state index is -0.150. The van der Waals surface area contributed by atoms with E-state index < -0.39 is 0 Å². The molecule has 0 saturated heterocycles. The van der Waals surface area contributed by atoms with Crippen molar-refractivity contribution in [2.45, 2.75) is 36.3 Å². The number of carbonyl (C=O) groups is 2. The highest BCUT2D eigenvalue weighted by Crippen LogP contribution is 2.04. The van der Waals surface area contributed by atoms with E-state index >= 15 is 0 Å². The van der Waals surface area contributed by atoms with Crippen molar-refractivity contribution < 1.29 is 9.59 Å². The van der Waals surface area contributed by atoms with E-state index in [9.17, 15) is 9.59 Å². The second kappa shape index (κ2) is 8.98. The number of hydrogen-bond donors (Lipinski definition) is 2. The molecule has 2 atom stereocenters. The monoisotopic (exact) mass is 356 g/mol. The average Bonchev–Trinajstić information content (AvgIpc) is 2.31. The first-order valence-corrected chi connectivity index (χ1v) is 7.19. The van der Waals surface area contributed by atoms with Gasteiger partial charge < -0.3 is 10.6 Å². The van der Waals surface area contributed by atoms with Crippen LogP contribution in [-0.4, -0.2) is 34.6 Å². The summed E-state index contributed by atoms with van der Waals surface area (Å²) in [5.74, 6) is -0.0785. The molecular weight excluding hydrogens is 340 g/mol. The summed E-state index contributed by atoms with van der Waals surface area (Å²) in [6.45, 7) is 4.77. The fraction of sp³-hybridized carbons (Fsp3) is 0.800. The maximum Gasteiger partial charge on any atom is 0.233 e. The van der Waals surface area contributed by atoms with Gasteiger partial charge in [0.2, 0.25) is 11.8 Å². The van der Waals surface area contributed by atoms with Crippen LogP contribution in [0, 0.1) is 0 Å². The van der Waals surface area contributed by atoms with Crippen LogP contribution in [0.25, 0.3) is 0 Å². The van der Waals surface area contributed by atoms with Crippen LogP contribution in [-0.2, 0) is 9.59 Å². The number of amides is 2. The van der Waals surface area contributed by atoms with E-state index in [0.717, 1.165) is 12.8 Å². The van der Waals surface area contributed by atoms with E-state index in [1.165, 1.54) is 0 Å². The largest absolute Gasteiger partial charge is 0.353 e. The van der Waals surface area contributed by atoms with Crippen LogP contribution in [0.2, 0.25) is 0 Å². The van der Waals surface area contributed by atoms with E-state index in [0.29, 0.717) is 13.1 Å². The Labute approximate surface area is 113 Å². The van der Waals surface area contributed by atoms with E-state index in [1.54, 1.807) is 0 Å². The molecule has 0 radical (unpaired) electrons. The molecule has 0 spiro atoms. The van der Waals surface area contributed by atoms with Crippen molar-refractivity contribution in [3.63, 3.8) is 0 Å². The quantitative estimate of drug-likeness (QED) is 0.536. The van der Waals surface area contributed by atoms with E-state index in [-0.39, 0.29) is 21.5 Å². The van der Waals surface area contributed by atoms with Crippen LogP contribution < -0.4 is 10.6 Å². The van der Waals surface area contributed by atoms with E-state index in [2.05, 4.69) is 42.5 Å². The highest BCUT2D eigenvalue weighted by atomic mass is 79.9. The van der Waals surface area contributed by atoms with Gasteiger partial charge in [-0.15, -0.1) is 0 Å². The summed E-state index contributed by atoms with van der Waals surface area (Å²) in [5.41, 5.74) is 0. The first kappa shape index (κ1) is 15.9. The summed E-state index contributed by atoms with van der Waals surface area (Å²) in [7, 11) is 0. The summed E-state index contributed by atoms with van der Waals surface area (Å²) in [4.78, 5) is 22.4. The van der Waals surface area contributed by atoms with E-state index in [1.807, 2.05) is 13.8 Å². The smallest absolute Gasteiger partial charge is 0.233 e. The second-order valence-electron chi connectivity index (χ2n) is 3.33. The molecule has 0 aliphatic carbocycles. The minimum absolute atomic E-state index is 0.0392. The lowest BCUT2D eigenvalue weighted by Crippen LogP contribution is -2.39. The van der Waals surface area contributed by atoms with Crippen LogP contribution in [0.5, 0.6) is 0 Å². The summed E-state index contributed by atoms with van der Waals surface area (Å²) < 4.78 is 0. The van der Waals surface area contributed by atoms with Gasteiger partial charge in [-0.25, -0.2) is 0 Å². The molecule has 0 aliphatic heterocycles. The Balaban J connectivity index is 3.61. The molecule has 0 aromatic heterocycles. The molecule has 4 nitrogen and oxygen atoms in total. The fourth-order valence-corrected chi connectivity index (χ4v) is 1.29. The van der Waals surface area contributed by atoms with Gasteiger partial charge in [0.1, 0.15) is 0 Å². The molecule has 2 N–H and O–H groups in total. The number of carbonyl (C=O) groups excluding carboxylic acids is 2. The van der Waals surface area contributed by atoms with Crippen molar-refractivity contribution in [2.24, 2.45) is 0 Å². The molecule has 16 heavy (non-hydrogen) atoms. The average molecular weight is 358 g/mol. The lowest BCUT2D eigenvalue weighted by atomic mass is 10.3. The topological polar surface area (TPSA) is 58.2 Å². The number of halogens is 2. The molecule has 94 valence electrons. The Morgan fingerprint density at radius 2 is 1.25 bits per heavy atom. The predicted molar refractivity (Wildman–Crippen MR) is 72.0 cm³/mol. The van der Waals surface area contributed by atoms with Gasteiger partial charge in [-0.1, -0.05) is 45.7 Å². The minimum Gasteiger partial charge on any atom is -0.353 e. The van der Waals surface area contributed by atoms with Gasteiger partial charge in [0.05, 0.1) is 9.65 Å². The van der Waals surface area contributed by atoms with Crippen LogP contribution >= 0.6 is 31.9 Å². The molecule has 0 unspecified atom stereocenters. The van der Waals surface area contributed by atoms with Gasteiger partial charge in [-0.2, -0.15) is 0 Å². The van der Waals surface area contributed by atoms with Crippen molar-refractivity contribution in [3.05, 3.63) is 0 Å². The van der Waals surface area contributed by atoms with Crippen LogP contribution in [0.1, 0.15) is 26.7 Å². The van der Waals surface area contributed by atoms with Gasteiger partial charge >= 0.3 is 0 Å². The Morgan fingerprint density at radius 1 is 0.938 bits per heavy atom.